The highest BCUT2D eigenvalue weighted by Crippen LogP contribution is 2.16. The SMILES string of the molecule is O=C(CCNS(=O)(=O)c1cccc(Cl)c1)NCCc1ccc(OC(F)F)cc1. The first-order valence-corrected chi connectivity index (χ1v) is 10.2. The van der Waals surface area contributed by atoms with Gasteiger partial charge in [-0.25, -0.2) is 13.1 Å². The van der Waals surface area contributed by atoms with Gasteiger partial charge in [0.1, 0.15) is 5.75 Å². The molecule has 2 aromatic carbocycles. The number of halogens is 3. The Bertz CT molecular complexity index is 893. The summed E-state index contributed by atoms with van der Waals surface area (Å²) in [6.45, 7) is -2.60. The van der Waals surface area contributed by atoms with Gasteiger partial charge in [-0.2, -0.15) is 8.78 Å². The molecule has 0 unspecified atom stereocenters. The molecule has 0 saturated heterocycles. The first-order valence-electron chi connectivity index (χ1n) is 8.32. The van der Waals surface area contributed by atoms with Gasteiger partial charge in [-0.1, -0.05) is 29.8 Å². The van der Waals surface area contributed by atoms with Gasteiger partial charge < -0.3 is 10.1 Å². The Balaban J connectivity index is 1.70. The van der Waals surface area contributed by atoms with Crippen LogP contribution in [0.4, 0.5) is 8.78 Å². The Labute approximate surface area is 166 Å². The molecule has 0 aliphatic heterocycles. The van der Waals surface area contributed by atoms with Crippen molar-refractivity contribution in [3.05, 3.63) is 59.1 Å². The lowest BCUT2D eigenvalue weighted by molar-refractivity contribution is -0.120. The Morgan fingerprint density at radius 2 is 1.82 bits per heavy atom. The lowest BCUT2D eigenvalue weighted by atomic mass is 10.1. The van der Waals surface area contributed by atoms with Crippen LogP contribution in [0.15, 0.2) is 53.4 Å². The second kappa shape index (κ2) is 10.4. The maximum absolute atomic E-state index is 12.1. The first-order chi connectivity index (χ1) is 13.3. The Morgan fingerprint density at radius 3 is 2.46 bits per heavy atom. The van der Waals surface area contributed by atoms with Crippen LogP contribution >= 0.6 is 11.6 Å². The summed E-state index contributed by atoms with van der Waals surface area (Å²) in [5, 5.41) is 2.97. The minimum Gasteiger partial charge on any atom is -0.435 e. The Kier molecular flexibility index (Phi) is 8.16. The fourth-order valence-electron chi connectivity index (χ4n) is 2.29. The molecule has 0 heterocycles. The Hall–Kier alpha value is -2.23. The van der Waals surface area contributed by atoms with Gasteiger partial charge in [-0.3, -0.25) is 4.79 Å². The van der Waals surface area contributed by atoms with Crippen LogP contribution < -0.4 is 14.8 Å². The summed E-state index contributed by atoms with van der Waals surface area (Å²) in [6, 6.07) is 11.9. The van der Waals surface area contributed by atoms with Gasteiger partial charge in [0.2, 0.25) is 15.9 Å². The molecule has 0 aromatic heterocycles. The highest BCUT2D eigenvalue weighted by atomic mass is 35.5. The van der Waals surface area contributed by atoms with Crippen molar-refractivity contribution < 1.29 is 26.7 Å². The van der Waals surface area contributed by atoms with E-state index in [1.807, 2.05) is 0 Å². The van der Waals surface area contributed by atoms with Crippen molar-refractivity contribution in [2.45, 2.75) is 24.3 Å². The van der Waals surface area contributed by atoms with Crippen molar-refractivity contribution in [3.63, 3.8) is 0 Å². The number of carbonyl (C=O) groups is 1. The zero-order valence-corrected chi connectivity index (χ0v) is 16.3. The molecule has 0 bridgehead atoms. The quantitative estimate of drug-likeness (QED) is 0.604. The van der Waals surface area contributed by atoms with E-state index < -0.39 is 16.6 Å². The number of benzene rings is 2. The molecular formula is C18H19ClF2N2O4S. The van der Waals surface area contributed by atoms with E-state index in [-0.39, 0.29) is 29.5 Å². The van der Waals surface area contributed by atoms with Crippen LogP contribution in [0.1, 0.15) is 12.0 Å². The van der Waals surface area contributed by atoms with Crippen LogP contribution in [-0.4, -0.2) is 34.0 Å². The predicted octanol–water partition coefficient (Wildman–Crippen LogP) is 2.97. The van der Waals surface area contributed by atoms with E-state index in [0.717, 1.165) is 5.56 Å². The van der Waals surface area contributed by atoms with E-state index in [1.165, 1.54) is 30.3 Å². The van der Waals surface area contributed by atoms with Gasteiger partial charge in [-0.05, 0) is 42.3 Å². The molecule has 2 aromatic rings. The summed E-state index contributed by atoms with van der Waals surface area (Å²) >= 11 is 5.78. The van der Waals surface area contributed by atoms with E-state index >= 15 is 0 Å². The summed E-state index contributed by atoms with van der Waals surface area (Å²) < 4.78 is 55.0. The number of alkyl halides is 2. The van der Waals surface area contributed by atoms with E-state index in [0.29, 0.717) is 18.0 Å². The number of amides is 1. The molecule has 0 atom stereocenters. The molecule has 152 valence electrons. The molecule has 1 amide bonds. The normalized spacial score (nSPS) is 11.4. The zero-order chi connectivity index (χ0) is 20.6. The molecule has 0 radical (unpaired) electrons. The van der Waals surface area contributed by atoms with Crippen LogP contribution in [-0.2, 0) is 21.2 Å². The predicted molar refractivity (Wildman–Crippen MR) is 101 cm³/mol. The van der Waals surface area contributed by atoms with Crippen molar-refractivity contribution in [2.24, 2.45) is 0 Å². The fourth-order valence-corrected chi connectivity index (χ4v) is 3.62. The van der Waals surface area contributed by atoms with E-state index in [2.05, 4.69) is 14.8 Å². The number of ether oxygens (including phenoxy) is 1. The molecule has 0 fully saturated rings. The van der Waals surface area contributed by atoms with Crippen molar-refractivity contribution in [3.8, 4) is 5.75 Å². The standard InChI is InChI=1S/C18H19ClF2N2O4S/c19-14-2-1-3-16(12-14)28(25,26)23-11-9-17(24)22-10-8-13-4-6-15(7-5-13)27-18(20)21/h1-7,12,18,23H,8-11H2,(H,22,24). The van der Waals surface area contributed by atoms with Crippen LogP contribution in [0.2, 0.25) is 5.02 Å². The second-order valence-electron chi connectivity index (χ2n) is 5.73. The average molecular weight is 433 g/mol. The maximum Gasteiger partial charge on any atom is 0.387 e. The van der Waals surface area contributed by atoms with Crippen LogP contribution in [0.3, 0.4) is 0 Å². The van der Waals surface area contributed by atoms with E-state index in [1.54, 1.807) is 18.2 Å². The zero-order valence-electron chi connectivity index (χ0n) is 14.7. The van der Waals surface area contributed by atoms with Gasteiger partial charge in [0.15, 0.2) is 0 Å². The van der Waals surface area contributed by atoms with Crippen molar-refractivity contribution in [1.82, 2.24) is 10.0 Å². The molecule has 2 N–H and O–H groups in total. The third-order valence-corrected chi connectivity index (χ3v) is 5.33. The minimum absolute atomic E-state index is 0.0268. The largest absolute Gasteiger partial charge is 0.435 e. The highest BCUT2D eigenvalue weighted by molar-refractivity contribution is 7.89. The Morgan fingerprint density at radius 1 is 1.11 bits per heavy atom. The van der Waals surface area contributed by atoms with Crippen LogP contribution in [0, 0.1) is 0 Å². The van der Waals surface area contributed by atoms with Gasteiger partial charge >= 0.3 is 6.61 Å². The van der Waals surface area contributed by atoms with Crippen LogP contribution in [0.5, 0.6) is 5.75 Å². The smallest absolute Gasteiger partial charge is 0.387 e. The van der Waals surface area contributed by atoms with Crippen molar-refractivity contribution >= 4 is 27.5 Å². The van der Waals surface area contributed by atoms with Crippen molar-refractivity contribution in [1.29, 1.82) is 0 Å². The lowest BCUT2D eigenvalue weighted by Crippen LogP contribution is -2.31. The van der Waals surface area contributed by atoms with Gasteiger partial charge in [0, 0.05) is 24.5 Å². The summed E-state index contributed by atoms with van der Waals surface area (Å²) in [4.78, 5) is 11.8. The third-order valence-electron chi connectivity index (χ3n) is 3.63. The minimum atomic E-state index is -3.73. The van der Waals surface area contributed by atoms with E-state index in [4.69, 9.17) is 11.6 Å². The summed E-state index contributed by atoms with van der Waals surface area (Å²) in [7, 11) is -3.73. The molecule has 0 saturated carbocycles. The van der Waals surface area contributed by atoms with Gasteiger partial charge in [-0.15, -0.1) is 0 Å². The molecule has 10 heteroatoms. The molecule has 0 spiro atoms. The van der Waals surface area contributed by atoms with Crippen LogP contribution in [0.25, 0.3) is 0 Å². The lowest BCUT2D eigenvalue weighted by Gasteiger charge is -2.09. The summed E-state index contributed by atoms with van der Waals surface area (Å²) in [5.74, 6) is -0.249. The molecular weight excluding hydrogens is 414 g/mol. The number of hydrogen-bond acceptors (Lipinski definition) is 4. The molecule has 0 aliphatic rings. The number of hydrogen-bond donors (Lipinski definition) is 2. The number of nitrogens with one attached hydrogen (secondary N) is 2. The molecule has 28 heavy (non-hydrogen) atoms. The number of carbonyl (C=O) groups excluding carboxylic acids is 1. The second-order valence-corrected chi connectivity index (χ2v) is 7.93. The highest BCUT2D eigenvalue weighted by Gasteiger charge is 2.14. The average Bonchev–Trinajstić information content (AvgIpc) is 2.62. The maximum atomic E-state index is 12.1. The molecule has 0 aliphatic carbocycles. The number of sulfonamides is 1. The monoisotopic (exact) mass is 432 g/mol. The summed E-state index contributed by atoms with van der Waals surface area (Å²) in [6.07, 6.45) is 0.468. The fraction of sp³-hybridized carbons (Fsp3) is 0.278. The number of rotatable bonds is 10. The van der Waals surface area contributed by atoms with Gasteiger partial charge in [0.05, 0.1) is 4.90 Å². The van der Waals surface area contributed by atoms with Crippen molar-refractivity contribution in [2.75, 3.05) is 13.1 Å². The summed E-state index contributed by atoms with van der Waals surface area (Å²) in [5.41, 5.74) is 0.837. The first kappa shape index (κ1) is 22.1. The molecule has 6 nitrogen and oxygen atoms in total. The molecule has 2 rings (SSSR count). The van der Waals surface area contributed by atoms with Gasteiger partial charge in [0.25, 0.3) is 0 Å². The third kappa shape index (κ3) is 7.41. The topological polar surface area (TPSA) is 84.5 Å². The van der Waals surface area contributed by atoms with E-state index in [9.17, 15) is 22.0 Å².